The molecule has 0 atom stereocenters. The highest BCUT2D eigenvalue weighted by molar-refractivity contribution is 14.1. The Morgan fingerprint density at radius 2 is 1.86 bits per heavy atom. The van der Waals surface area contributed by atoms with E-state index in [4.69, 9.17) is 4.74 Å². The van der Waals surface area contributed by atoms with Crippen LogP contribution in [0.3, 0.4) is 0 Å². The van der Waals surface area contributed by atoms with E-state index in [0.29, 0.717) is 6.61 Å². The normalized spacial score (nSPS) is 10.3. The molecule has 0 bridgehead atoms. The van der Waals surface area contributed by atoms with E-state index in [1.54, 1.807) is 22.6 Å². The van der Waals surface area contributed by atoms with Gasteiger partial charge in [0.15, 0.2) is 0 Å². The smallest absolute Gasteiger partial charge is 0.143 e. The van der Waals surface area contributed by atoms with E-state index < -0.39 is 11.6 Å². The SMILES string of the molecule is CCCCOc1cc(F)c(I)c(F)c1. The topological polar surface area (TPSA) is 9.23 Å². The summed E-state index contributed by atoms with van der Waals surface area (Å²) in [6.45, 7) is 2.52. The Labute approximate surface area is 95.6 Å². The number of ether oxygens (including phenoxy) is 1. The second kappa shape index (κ2) is 5.48. The molecular weight excluding hydrogens is 301 g/mol. The molecule has 0 fully saturated rings. The molecule has 0 aliphatic rings. The van der Waals surface area contributed by atoms with Crippen molar-refractivity contribution in [2.45, 2.75) is 19.8 Å². The third kappa shape index (κ3) is 3.08. The molecule has 0 heterocycles. The van der Waals surface area contributed by atoms with Crippen LogP contribution >= 0.6 is 22.6 Å². The van der Waals surface area contributed by atoms with Crippen molar-refractivity contribution < 1.29 is 13.5 Å². The number of rotatable bonds is 4. The van der Waals surface area contributed by atoms with Crippen molar-refractivity contribution in [3.8, 4) is 5.75 Å². The molecule has 0 saturated carbocycles. The zero-order valence-electron chi connectivity index (χ0n) is 7.82. The van der Waals surface area contributed by atoms with Crippen LogP contribution in [0.2, 0.25) is 0 Å². The average molecular weight is 312 g/mol. The highest BCUT2D eigenvalue weighted by atomic mass is 127. The Bertz CT molecular complexity index is 292. The van der Waals surface area contributed by atoms with Gasteiger partial charge in [0.1, 0.15) is 17.4 Å². The van der Waals surface area contributed by atoms with Gasteiger partial charge in [0.05, 0.1) is 10.2 Å². The van der Waals surface area contributed by atoms with Crippen LogP contribution in [-0.2, 0) is 0 Å². The standard InChI is InChI=1S/C10H11F2IO/c1-2-3-4-14-7-5-8(11)10(13)9(12)6-7/h5-6H,2-4H2,1H3. The van der Waals surface area contributed by atoms with Crippen molar-refractivity contribution in [1.82, 2.24) is 0 Å². The maximum Gasteiger partial charge on any atom is 0.143 e. The van der Waals surface area contributed by atoms with Gasteiger partial charge in [-0.3, -0.25) is 0 Å². The molecule has 1 aromatic rings. The molecule has 0 unspecified atom stereocenters. The van der Waals surface area contributed by atoms with Crippen LogP contribution in [0, 0.1) is 15.2 Å². The van der Waals surface area contributed by atoms with E-state index in [1.165, 1.54) is 12.1 Å². The summed E-state index contributed by atoms with van der Waals surface area (Å²) in [7, 11) is 0. The Morgan fingerprint density at radius 1 is 1.29 bits per heavy atom. The molecule has 0 spiro atoms. The van der Waals surface area contributed by atoms with E-state index in [9.17, 15) is 8.78 Å². The maximum atomic E-state index is 13.0. The summed E-state index contributed by atoms with van der Waals surface area (Å²) in [6, 6.07) is 2.42. The molecule has 1 aromatic carbocycles. The van der Waals surface area contributed by atoms with E-state index >= 15 is 0 Å². The highest BCUT2D eigenvalue weighted by Crippen LogP contribution is 2.22. The van der Waals surface area contributed by atoms with Gasteiger partial charge in [0.2, 0.25) is 0 Å². The predicted octanol–water partition coefficient (Wildman–Crippen LogP) is 3.75. The molecule has 0 saturated heterocycles. The Balaban J connectivity index is 2.69. The molecule has 0 aromatic heterocycles. The summed E-state index contributed by atoms with van der Waals surface area (Å²) in [5, 5.41) is 0. The van der Waals surface area contributed by atoms with Crippen molar-refractivity contribution in [3.63, 3.8) is 0 Å². The molecule has 0 N–H and O–H groups in total. The Kier molecular flexibility index (Phi) is 4.57. The first-order valence-electron chi connectivity index (χ1n) is 4.42. The molecular formula is C10H11F2IO. The molecule has 1 nitrogen and oxygen atoms in total. The van der Waals surface area contributed by atoms with E-state index in [-0.39, 0.29) is 9.32 Å². The van der Waals surface area contributed by atoms with E-state index in [1.807, 2.05) is 6.92 Å². The van der Waals surface area contributed by atoms with Gasteiger partial charge in [0.25, 0.3) is 0 Å². The number of hydrogen-bond acceptors (Lipinski definition) is 1. The summed E-state index contributed by atoms with van der Waals surface area (Å²) in [4.78, 5) is 0. The van der Waals surface area contributed by atoms with Crippen LogP contribution in [0.1, 0.15) is 19.8 Å². The molecule has 1 rings (SSSR count). The van der Waals surface area contributed by atoms with Crippen molar-refractivity contribution in [2.75, 3.05) is 6.61 Å². The van der Waals surface area contributed by atoms with Crippen molar-refractivity contribution in [2.24, 2.45) is 0 Å². The third-order valence-electron chi connectivity index (χ3n) is 1.72. The molecule has 0 amide bonds. The van der Waals surface area contributed by atoms with Crippen molar-refractivity contribution >= 4 is 22.6 Å². The second-order valence-corrected chi connectivity index (χ2v) is 3.98. The minimum atomic E-state index is -0.572. The molecule has 78 valence electrons. The van der Waals surface area contributed by atoms with Gasteiger partial charge in [0, 0.05) is 12.1 Å². The molecule has 4 heteroatoms. The minimum Gasteiger partial charge on any atom is -0.493 e. The van der Waals surface area contributed by atoms with Crippen LogP contribution in [-0.4, -0.2) is 6.61 Å². The van der Waals surface area contributed by atoms with Crippen molar-refractivity contribution in [3.05, 3.63) is 27.3 Å². The summed E-state index contributed by atoms with van der Waals surface area (Å²) in [5.41, 5.74) is 0. The van der Waals surface area contributed by atoms with Crippen LogP contribution < -0.4 is 4.74 Å². The van der Waals surface area contributed by atoms with Gasteiger partial charge in [-0.25, -0.2) is 8.78 Å². The van der Waals surface area contributed by atoms with Crippen LogP contribution in [0.25, 0.3) is 0 Å². The van der Waals surface area contributed by atoms with Gasteiger partial charge in [-0.05, 0) is 29.0 Å². The monoisotopic (exact) mass is 312 g/mol. The van der Waals surface area contributed by atoms with Gasteiger partial charge in [-0.15, -0.1) is 0 Å². The van der Waals surface area contributed by atoms with E-state index in [2.05, 4.69) is 0 Å². The first-order valence-corrected chi connectivity index (χ1v) is 5.50. The zero-order chi connectivity index (χ0) is 10.6. The van der Waals surface area contributed by atoms with Crippen LogP contribution in [0.4, 0.5) is 8.78 Å². The maximum absolute atomic E-state index is 13.0. The summed E-state index contributed by atoms with van der Waals surface area (Å²) in [6.07, 6.45) is 1.88. The van der Waals surface area contributed by atoms with Gasteiger partial charge in [-0.2, -0.15) is 0 Å². The average Bonchev–Trinajstić information content (AvgIpc) is 2.14. The van der Waals surface area contributed by atoms with Crippen LogP contribution in [0.15, 0.2) is 12.1 Å². The molecule has 0 aliphatic heterocycles. The summed E-state index contributed by atoms with van der Waals surface area (Å²) in [5.74, 6) is -0.886. The summed E-state index contributed by atoms with van der Waals surface area (Å²) < 4.78 is 31.2. The minimum absolute atomic E-state index is 0.00504. The zero-order valence-corrected chi connectivity index (χ0v) is 9.98. The molecule has 0 aliphatic carbocycles. The largest absolute Gasteiger partial charge is 0.493 e. The molecule has 14 heavy (non-hydrogen) atoms. The first-order chi connectivity index (χ1) is 6.65. The van der Waals surface area contributed by atoms with E-state index in [0.717, 1.165) is 12.8 Å². The van der Waals surface area contributed by atoms with Crippen molar-refractivity contribution in [1.29, 1.82) is 0 Å². The lowest BCUT2D eigenvalue weighted by molar-refractivity contribution is 0.305. The fourth-order valence-corrected chi connectivity index (χ4v) is 1.26. The van der Waals surface area contributed by atoms with Gasteiger partial charge >= 0.3 is 0 Å². The number of hydrogen-bond donors (Lipinski definition) is 0. The quantitative estimate of drug-likeness (QED) is 0.467. The lowest BCUT2D eigenvalue weighted by atomic mass is 10.3. The van der Waals surface area contributed by atoms with Gasteiger partial charge in [-0.1, -0.05) is 13.3 Å². The lowest BCUT2D eigenvalue weighted by Gasteiger charge is -2.06. The third-order valence-corrected chi connectivity index (χ3v) is 2.75. The van der Waals surface area contributed by atoms with Crippen LogP contribution in [0.5, 0.6) is 5.75 Å². The fourth-order valence-electron chi connectivity index (χ4n) is 0.950. The summed E-state index contributed by atoms with van der Waals surface area (Å²) >= 11 is 1.63. The Hall–Kier alpha value is -0.390. The molecule has 0 radical (unpaired) electrons. The van der Waals surface area contributed by atoms with Gasteiger partial charge < -0.3 is 4.74 Å². The second-order valence-electron chi connectivity index (χ2n) is 2.90. The number of halogens is 3. The number of benzene rings is 1. The predicted molar refractivity (Wildman–Crippen MR) is 59.5 cm³/mol. The highest BCUT2D eigenvalue weighted by Gasteiger charge is 2.08. The lowest BCUT2D eigenvalue weighted by Crippen LogP contribution is -1.98. The first kappa shape index (κ1) is 11.7. The Morgan fingerprint density at radius 3 is 2.36 bits per heavy atom. The number of unbranched alkanes of at least 4 members (excludes halogenated alkanes) is 1. The fraction of sp³-hybridized carbons (Fsp3) is 0.400.